The highest BCUT2D eigenvalue weighted by Gasteiger charge is 2.32. The number of benzene rings is 1. The molecule has 0 spiro atoms. The van der Waals surface area contributed by atoms with Gasteiger partial charge in [0.25, 0.3) is 0 Å². The van der Waals surface area contributed by atoms with E-state index in [0.717, 1.165) is 23.8 Å². The number of aliphatic hydroxyl groups is 1. The molecular formula is C13H16O2S. The maximum atomic E-state index is 10.1. The molecule has 3 rings (SSSR count). The summed E-state index contributed by atoms with van der Waals surface area (Å²) in [5.74, 6) is 2.55. The molecule has 2 atom stereocenters. The molecule has 2 nitrogen and oxygen atoms in total. The van der Waals surface area contributed by atoms with Gasteiger partial charge in [0.15, 0.2) is 0 Å². The molecule has 0 amide bonds. The van der Waals surface area contributed by atoms with Crippen molar-refractivity contribution >= 4 is 11.8 Å². The minimum absolute atomic E-state index is 0.0273. The number of para-hydroxylation sites is 1. The van der Waals surface area contributed by atoms with Gasteiger partial charge in [0.2, 0.25) is 0 Å². The first-order valence-corrected chi connectivity index (χ1v) is 6.88. The van der Waals surface area contributed by atoms with Gasteiger partial charge in [-0.3, -0.25) is 0 Å². The van der Waals surface area contributed by atoms with Crippen LogP contribution in [0.2, 0.25) is 0 Å². The van der Waals surface area contributed by atoms with Crippen LogP contribution in [-0.4, -0.2) is 23.1 Å². The SMILES string of the molecule is OC(CC1CC1)C1CSc2ccccc2O1. The van der Waals surface area contributed by atoms with Crippen molar-refractivity contribution in [2.75, 3.05) is 5.75 Å². The summed E-state index contributed by atoms with van der Waals surface area (Å²) < 4.78 is 5.85. The van der Waals surface area contributed by atoms with Crippen molar-refractivity contribution in [3.63, 3.8) is 0 Å². The van der Waals surface area contributed by atoms with Crippen LogP contribution in [0, 0.1) is 5.92 Å². The topological polar surface area (TPSA) is 29.5 Å². The van der Waals surface area contributed by atoms with Crippen molar-refractivity contribution in [1.82, 2.24) is 0 Å². The van der Waals surface area contributed by atoms with E-state index >= 15 is 0 Å². The van der Waals surface area contributed by atoms with Crippen molar-refractivity contribution in [3.05, 3.63) is 24.3 Å². The molecule has 1 heterocycles. The predicted molar refractivity (Wildman–Crippen MR) is 64.9 cm³/mol. The summed E-state index contributed by atoms with van der Waals surface area (Å²) in [5.41, 5.74) is 0. The third-order valence-electron chi connectivity index (χ3n) is 3.23. The summed E-state index contributed by atoms with van der Waals surface area (Å²) in [7, 11) is 0. The quantitative estimate of drug-likeness (QED) is 0.875. The molecule has 1 aromatic carbocycles. The summed E-state index contributed by atoms with van der Waals surface area (Å²) >= 11 is 1.79. The van der Waals surface area contributed by atoms with E-state index in [1.807, 2.05) is 18.2 Å². The maximum absolute atomic E-state index is 10.1. The van der Waals surface area contributed by atoms with Crippen molar-refractivity contribution in [3.8, 4) is 5.75 Å². The third-order valence-corrected chi connectivity index (χ3v) is 4.37. The number of thioether (sulfide) groups is 1. The normalized spacial score (nSPS) is 25.7. The van der Waals surface area contributed by atoms with Crippen molar-refractivity contribution in [2.24, 2.45) is 5.92 Å². The van der Waals surface area contributed by atoms with Gasteiger partial charge in [0, 0.05) is 10.6 Å². The Hall–Kier alpha value is -0.670. The Labute approximate surface area is 100 Å². The largest absolute Gasteiger partial charge is 0.486 e. The molecule has 3 heteroatoms. The molecule has 0 saturated heterocycles. The van der Waals surface area contributed by atoms with E-state index in [0.29, 0.717) is 0 Å². The fraction of sp³-hybridized carbons (Fsp3) is 0.538. The van der Waals surface area contributed by atoms with Crippen LogP contribution in [-0.2, 0) is 0 Å². The van der Waals surface area contributed by atoms with E-state index in [4.69, 9.17) is 4.74 Å². The summed E-state index contributed by atoms with van der Waals surface area (Å²) in [6.07, 6.45) is 3.16. The van der Waals surface area contributed by atoms with Crippen LogP contribution < -0.4 is 4.74 Å². The van der Waals surface area contributed by atoms with Crippen LogP contribution >= 0.6 is 11.8 Å². The number of aliphatic hydroxyl groups excluding tert-OH is 1. The molecule has 1 aromatic rings. The standard InChI is InChI=1S/C13H16O2S/c14-10(7-9-5-6-9)12-8-16-13-4-2-1-3-11(13)15-12/h1-4,9-10,12,14H,5-8H2. The smallest absolute Gasteiger partial charge is 0.134 e. The number of hydrogen-bond donors (Lipinski definition) is 1. The second-order valence-corrected chi connectivity index (χ2v) is 5.72. The lowest BCUT2D eigenvalue weighted by atomic mass is 10.1. The molecule has 0 aromatic heterocycles. The molecule has 0 radical (unpaired) electrons. The highest BCUT2D eigenvalue weighted by Crippen LogP contribution is 2.39. The first kappa shape index (κ1) is 10.5. The highest BCUT2D eigenvalue weighted by atomic mass is 32.2. The molecule has 1 aliphatic heterocycles. The Morgan fingerprint density at radius 2 is 2.19 bits per heavy atom. The summed E-state index contributed by atoms with van der Waals surface area (Å²) in [4.78, 5) is 1.19. The number of ether oxygens (including phenoxy) is 1. The lowest BCUT2D eigenvalue weighted by molar-refractivity contribution is 0.0372. The van der Waals surface area contributed by atoms with E-state index in [2.05, 4.69) is 6.07 Å². The van der Waals surface area contributed by atoms with E-state index in [1.165, 1.54) is 17.7 Å². The van der Waals surface area contributed by atoms with E-state index in [-0.39, 0.29) is 12.2 Å². The van der Waals surface area contributed by atoms with Crippen LogP contribution in [0.5, 0.6) is 5.75 Å². The van der Waals surface area contributed by atoms with Crippen LogP contribution in [0.1, 0.15) is 19.3 Å². The lowest BCUT2D eigenvalue weighted by Crippen LogP contribution is -2.36. The van der Waals surface area contributed by atoms with Crippen LogP contribution in [0.25, 0.3) is 0 Å². The molecule has 1 aliphatic carbocycles. The molecular weight excluding hydrogens is 220 g/mol. The summed E-state index contributed by atoms with van der Waals surface area (Å²) in [5, 5.41) is 10.1. The molecule has 2 aliphatic rings. The van der Waals surface area contributed by atoms with E-state index < -0.39 is 0 Å². The fourth-order valence-electron chi connectivity index (χ4n) is 2.07. The van der Waals surface area contributed by atoms with Gasteiger partial charge in [-0.15, -0.1) is 11.8 Å². The molecule has 86 valence electrons. The lowest BCUT2D eigenvalue weighted by Gasteiger charge is -2.29. The molecule has 1 fully saturated rings. The van der Waals surface area contributed by atoms with Gasteiger partial charge in [-0.05, 0) is 24.5 Å². The summed E-state index contributed by atoms with van der Waals surface area (Å²) in [6.45, 7) is 0. The average molecular weight is 236 g/mol. The Bertz CT molecular complexity index is 376. The Morgan fingerprint density at radius 1 is 1.38 bits per heavy atom. The van der Waals surface area contributed by atoms with E-state index in [1.54, 1.807) is 11.8 Å². The van der Waals surface area contributed by atoms with Crippen LogP contribution in [0.4, 0.5) is 0 Å². The fourth-order valence-corrected chi connectivity index (χ4v) is 3.14. The van der Waals surface area contributed by atoms with Crippen LogP contribution in [0.15, 0.2) is 29.2 Å². The maximum Gasteiger partial charge on any atom is 0.134 e. The number of fused-ring (bicyclic) bond motifs is 1. The average Bonchev–Trinajstić information content (AvgIpc) is 3.12. The van der Waals surface area contributed by atoms with Gasteiger partial charge in [0.05, 0.1) is 6.10 Å². The van der Waals surface area contributed by atoms with Gasteiger partial charge in [-0.2, -0.15) is 0 Å². The first-order chi connectivity index (χ1) is 7.83. The number of hydrogen-bond acceptors (Lipinski definition) is 3. The minimum atomic E-state index is -0.298. The van der Waals surface area contributed by atoms with Crippen molar-refractivity contribution in [1.29, 1.82) is 0 Å². The monoisotopic (exact) mass is 236 g/mol. The van der Waals surface area contributed by atoms with Gasteiger partial charge >= 0.3 is 0 Å². The zero-order chi connectivity index (χ0) is 11.0. The van der Waals surface area contributed by atoms with Crippen LogP contribution in [0.3, 0.4) is 0 Å². The predicted octanol–water partition coefficient (Wildman–Crippen LogP) is 2.70. The van der Waals surface area contributed by atoms with Gasteiger partial charge in [-0.25, -0.2) is 0 Å². The zero-order valence-corrected chi connectivity index (χ0v) is 9.95. The molecule has 1 N–H and O–H groups in total. The van der Waals surface area contributed by atoms with Gasteiger partial charge < -0.3 is 9.84 Å². The highest BCUT2D eigenvalue weighted by molar-refractivity contribution is 7.99. The zero-order valence-electron chi connectivity index (χ0n) is 9.13. The molecule has 16 heavy (non-hydrogen) atoms. The third kappa shape index (κ3) is 2.20. The second kappa shape index (κ2) is 4.30. The second-order valence-electron chi connectivity index (χ2n) is 4.66. The first-order valence-electron chi connectivity index (χ1n) is 5.89. The minimum Gasteiger partial charge on any atom is -0.486 e. The Morgan fingerprint density at radius 3 is 3.00 bits per heavy atom. The number of rotatable bonds is 3. The van der Waals surface area contributed by atoms with Crippen molar-refractivity contribution in [2.45, 2.75) is 36.4 Å². The molecule has 2 unspecified atom stereocenters. The van der Waals surface area contributed by atoms with Crippen molar-refractivity contribution < 1.29 is 9.84 Å². The molecule has 1 saturated carbocycles. The molecule has 0 bridgehead atoms. The Balaban J connectivity index is 1.67. The Kier molecular flexibility index (Phi) is 2.82. The van der Waals surface area contributed by atoms with Gasteiger partial charge in [0.1, 0.15) is 11.9 Å². The summed E-state index contributed by atoms with van der Waals surface area (Å²) in [6, 6.07) is 8.06. The van der Waals surface area contributed by atoms with E-state index in [9.17, 15) is 5.11 Å². The van der Waals surface area contributed by atoms with Gasteiger partial charge in [-0.1, -0.05) is 25.0 Å².